The van der Waals surface area contributed by atoms with Gasteiger partial charge in [-0.25, -0.2) is 14.0 Å². The lowest BCUT2D eigenvalue weighted by atomic mass is 10.0. The van der Waals surface area contributed by atoms with Crippen LogP contribution in [0.1, 0.15) is 88.4 Å². The molecule has 0 aromatic heterocycles. The van der Waals surface area contributed by atoms with Crippen molar-refractivity contribution in [2.24, 2.45) is 0 Å². The number of carbonyl (C=O) groups is 5. The van der Waals surface area contributed by atoms with E-state index in [0.717, 1.165) is 36.1 Å². The highest BCUT2D eigenvalue weighted by molar-refractivity contribution is 5.98. The predicted molar refractivity (Wildman–Crippen MR) is 223 cm³/mol. The summed E-state index contributed by atoms with van der Waals surface area (Å²) in [5, 5.41) is 22.3. The van der Waals surface area contributed by atoms with Crippen molar-refractivity contribution in [1.82, 2.24) is 20.4 Å². The molecule has 60 heavy (non-hydrogen) atoms. The average molecular weight is 830 g/mol. The third-order valence-corrected chi connectivity index (χ3v) is 11.9. The second kappa shape index (κ2) is 20.0. The van der Waals surface area contributed by atoms with E-state index in [2.05, 4.69) is 30.9 Å². The van der Waals surface area contributed by atoms with Crippen LogP contribution in [0.15, 0.2) is 72.8 Å². The van der Waals surface area contributed by atoms with Crippen molar-refractivity contribution in [1.29, 1.82) is 0 Å². The van der Waals surface area contributed by atoms with Gasteiger partial charge in [0.05, 0.1) is 38.4 Å². The number of benzene rings is 3. The molecule has 3 heterocycles. The number of methoxy groups -OCH3 is 2. The average Bonchev–Trinajstić information content (AvgIpc) is 4.06. The number of nitrogens with zero attached hydrogens (tertiary/aromatic N) is 3. The molecule has 7 atom stereocenters. The normalized spacial score (nSPS) is 21.8. The Morgan fingerprint density at radius 2 is 1.22 bits per heavy atom. The molecule has 6 rings (SSSR count). The van der Waals surface area contributed by atoms with Crippen LogP contribution in [-0.4, -0.2) is 103 Å². The van der Waals surface area contributed by atoms with Gasteiger partial charge in [0.15, 0.2) is 0 Å². The number of aliphatic hydroxyl groups is 1. The maximum absolute atomic E-state index is 14.1. The summed E-state index contributed by atoms with van der Waals surface area (Å²) in [6, 6.07) is 19.0. The second-order valence-electron chi connectivity index (χ2n) is 15.5. The fourth-order valence-electron chi connectivity index (χ4n) is 8.73. The molecule has 0 aliphatic carbocycles. The third kappa shape index (κ3) is 9.99. The molecule has 5 amide bonds. The summed E-state index contributed by atoms with van der Waals surface area (Å²) >= 11 is 0. The van der Waals surface area contributed by atoms with Gasteiger partial charge in [-0.15, -0.1) is 0 Å². The number of anilines is 3. The van der Waals surface area contributed by atoms with Crippen LogP contribution < -0.4 is 26.2 Å². The van der Waals surface area contributed by atoms with E-state index < -0.39 is 42.6 Å². The topological polar surface area (TPSA) is 182 Å². The van der Waals surface area contributed by atoms with E-state index in [1.807, 2.05) is 55.5 Å². The fourth-order valence-corrected chi connectivity index (χ4v) is 8.73. The molecule has 322 valence electrons. The molecule has 3 fully saturated rings. The Morgan fingerprint density at radius 3 is 1.75 bits per heavy atom. The third-order valence-electron chi connectivity index (χ3n) is 11.9. The molecule has 0 spiro atoms. The number of alkyl carbamates (subject to hydrolysis) is 2. The second-order valence-corrected chi connectivity index (χ2v) is 15.5. The highest BCUT2D eigenvalue weighted by Gasteiger charge is 2.40. The van der Waals surface area contributed by atoms with Crippen molar-refractivity contribution in [3.63, 3.8) is 0 Å². The van der Waals surface area contributed by atoms with Crippen LogP contribution in [0.2, 0.25) is 0 Å². The fraction of sp³-hybridized carbons (Fsp3) is 0.477. The van der Waals surface area contributed by atoms with Crippen LogP contribution in [0.3, 0.4) is 0 Å². The smallest absolute Gasteiger partial charge is 0.407 e. The number of halogens is 1. The van der Waals surface area contributed by atoms with E-state index in [1.54, 1.807) is 24.0 Å². The first-order chi connectivity index (χ1) is 29.0. The Morgan fingerprint density at radius 1 is 0.700 bits per heavy atom. The number of carbonyl (C=O) groups excluding carboxylic acids is 5. The predicted octanol–water partition coefficient (Wildman–Crippen LogP) is 5.83. The molecule has 3 aliphatic rings. The summed E-state index contributed by atoms with van der Waals surface area (Å²) in [7, 11) is 2.49. The van der Waals surface area contributed by atoms with Crippen LogP contribution in [0.25, 0.3) is 0 Å². The van der Waals surface area contributed by atoms with E-state index in [-0.39, 0.29) is 35.6 Å². The zero-order chi connectivity index (χ0) is 42.9. The van der Waals surface area contributed by atoms with Crippen molar-refractivity contribution in [2.45, 2.75) is 108 Å². The number of aliphatic hydroxyl groups excluding tert-OH is 1. The zero-order valence-electron chi connectivity index (χ0n) is 34.6. The number of likely N-dealkylation sites (tertiary alicyclic amines) is 2. The first-order valence-corrected chi connectivity index (χ1v) is 20.7. The van der Waals surface area contributed by atoms with Crippen molar-refractivity contribution in [3.05, 3.63) is 89.7 Å². The lowest BCUT2D eigenvalue weighted by Crippen LogP contribution is -2.55. The van der Waals surface area contributed by atoms with Crippen molar-refractivity contribution in [2.75, 3.05) is 42.8 Å². The molecular weight excluding hydrogens is 774 g/mol. The molecule has 7 unspecified atom stereocenters. The summed E-state index contributed by atoms with van der Waals surface area (Å²) < 4.78 is 23.5. The van der Waals surface area contributed by atoms with E-state index in [0.29, 0.717) is 56.6 Å². The molecule has 15 nitrogen and oxygen atoms in total. The molecular formula is C44H56FN7O8. The first kappa shape index (κ1) is 43.8. The number of amides is 5. The van der Waals surface area contributed by atoms with Gasteiger partial charge in [-0.2, -0.15) is 0 Å². The van der Waals surface area contributed by atoms with Gasteiger partial charge in [-0.1, -0.05) is 38.1 Å². The van der Waals surface area contributed by atoms with Gasteiger partial charge in [0.25, 0.3) is 0 Å². The van der Waals surface area contributed by atoms with Crippen LogP contribution in [-0.2, 0) is 23.9 Å². The van der Waals surface area contributed by atoms with E-state index in [1.165, 1.54) is 31.3 Å². The molecule has 3 aromatic carbocycles. The van der Waals surface area contributed by atoms with E-state index in [9.17, 15) is 33.5 Å². The highest BCUT2D eigenvalue weighted by Crippen LogP contribution is 2.47. The molecule has 0 saturated carbocycles. The number of nitrogens with one attached hydrogen (secondary N) is 4. The summed E-state index contributed by atoms with van der Waals surface area (Å²) in [6.07, 6.45) is 2.46. The Hall–Kier alpha value is -5.74. The lowest BCUT2D eigenvalue weighted by molar-refractivity contribution is -0.138. The summed E-state index contributed by atoms with van der Waals surface area (Å²) in [4.78, 5) is 69.5. The first-order valence-electron chi connectivity index (χ1n) is 20.7. The Kier molecular flexibility index (Phi) is 14.6. The quantitative estimate of drug-likeness (QED) is 0.133. The maximum Gasteiger partial charge on any atom is 0.407 e. The van der Waals surface area contributed by atoms with E-state index >= 15 is 0 Å². The monoisotopic (exact) mass is 829 g/mol. The number of ether oxygens (including phenoxy) is 2. The SMILES string of the molecule is CCC(NC(=O)OC)C(=O)N1CCCC1C(=O)Nc1ccc(C2CCC(c3ccc(NC(=O)C4CCCN4C(O)C(CC)NC(=O)OC)cc3)N2c2ccc(F)cc2)cc1. The molecule has 3 saturated heterocycles. The van der Waals surface area contributed by atoms with Gasteiger partial charge in [0.1, 0.15) is 24.1 Å². The zero-order valence-corrected chi connectivity index (χ0v) is 34.6. The van der Waals surface area contributed by atoms with Crippen LogP contribution in [0.5, 0.6) is 0 Å². The lowest BCUT2D eigenvalue weighted by Gasteiger charge is -2.34. The van der Waals surface area contributed by atoms with Gasteiger partial charge in [-0.05, 0) is 111 Å². The van der Waals surface area contributed by atoms with Gasteiger partial charge in [0, 0.05) is 30.2 Å². The minimum atomic E-state index is -1.06. The number of rotatable bonds is 14. The van der Waals surface area contributed by atoms with Crippen LogP contribution in [0, 0.1) is 5.82 Å². The van der Waals surface area contributed by atoms with Crippen molar-refractivity contribution < 1.29 is 42.9 Å². The molecule has 3 aromatic rings. The number of hydrogen-bond acceptors (Lipinski definition) is 10. The summed E-state index contributed by atoms with van der Waals surface area (Å²) in [5.74, 6) is -1.20. The van der Waals surface area contributed by atoms with E-state index in [4.69, 9.17) is 4.74 Å². The Labute approximate surface area is 349 Å². The van der Waals surface area contributed by atoms with Crippen molar-refractivity contribution >= 4 is 47.0 Å². The molecule has 0 bridgehead atoms. The van der Waals surface area contributed by atoms with Gasteiger partial charge in [0.2, 0.25) is 17.7 Å². The standard InChI is InChI=1S/C44H56FN7O8/c1-5-33(48-43(57)59-3)41(55)50-25-7-9-37(50)39(53)46-30-17-11-27(12-18-30)35-23-24-36(52(35)32-21-15-29(45)16-22-32)28-13-19-31(20-14-28)47-40(54)38-10-8-26-51(38)42(56)34(6-2)49-44(58)60-4/h11-22,33-38,41,55H,5-10,23-26H2,1-4H3,(H,46,53)(H,47,54)(H,48,57)(H,49,58). The Bertz CT molecular complexity index is 1970. The van der Waals surface area contributed by atoms with Crippen LogP contribution >= 0.6 is 0 Å². The minimum Gasteiger partial charge on any atom is -0.453 e. The molecule has 5 N–H and O–H groups in total. The molecule has 16 heteroatoms. The van der Waals surface area contributed by atoms with Gasteiger partial charge in [-0.3, -0.25) is 19.3 Å². The van der Waals surface area contributed by atoms with Crippen molar-refractivity contribution in [3.8, 4) is 0 Å². The van der Waals surface area contributed by atoms with Gasteiger partial charge >= 0.3 is 12.2 Å². The number of hydrogen-bond donors (Lipinski definition) is 5. The van der Waals surface area contributed by atoms with Crippen LogP contribution in [0.4, 0.5) is 31.0 Å². The minimum absolute atomic E-state index is 0.0649. The summed E-state index contributed by atoms with van der Waals surface area (Å²) in [6.45, 7) is 4.55. The van der Waals surface area contributed by atoms with Gasteiger partial charge < -0.3 is 45.6 Å². The molecule has 0 radical (unpaired) electrons. The summed E-state index contributed by atoms with van der Waals surface area (Å²) in [5.41, 5.74) is 4.07. The Balaban J connectivity index is 1.13. The largest absolute Gasteiger partial charge is 0.453 e. The molecule has 3 aliphatic heterocycles. The maximum atomic E-state index is 14.1. The highest BCUT2D eigenvalue weighted by atomic mass is 19.1.